The van der Waals surface area contributed by atoms with Crippen LogP contribution in [-0.2, 0) is 41.6 Å². The molecule has 0 radical (unpaired) electrons. The molecule has 0 saturated heterocycles. The third kappa shape index (κ3) is 29.1. The normalized spacial score (nSPS) is 13.9. The third-order valence-corrected chi connectivity index (χ3v) is 12.9. The standard InChI is InChI=1S/C59H89N7O11/c1-57(2,3)77-55(70)60-33-21-20-30-51(64-56(71)75-46-50-28-18-11-19-29-50)42-65(38-34-61-52(67)72-43-47-22-12-8-13-23-47)37-31-59(6,7)76-41-32-58(4,5)66(39-35-62-53(68)73-44-48-24-14-9-15-25-48)40-36-63-54(69)74-45-49-26-16-10-17-27-49/h8-16,18,22-26,28,51H,17,19-21,27,29-46H2,1-7H3,(H,60,70)(H,61,67)(H,62,68)(H,63,69)(H,64,71). The van der Waals surface area contributed by atoms with Crippen molar-refractivity contribution in [2.45, 2.75) is 142 Å². The Kier molecular flexibility index (Phi) is 28.2. The van der Waals surface area contributed by atoms with Crippen molar-refractivity contribution in [3.05, 3.63) is 119 Å². The summed E-state index contributed by atoms with van der Waals surface area (Å²) < 4.78 is 34.2. The summed E-state index contributed by atoms with van der Waals surface area (Å²) in [7, 11) is 0. The molecule has 5 amide bonds. The lowest BCUT2D eigenvalue weighted by Crippen LogP contribution is -2.51. The van der Waals surface area contributed by atoms with Crippen molar-refractivity contribution >= 4 is 30.5 Å². The summed E-state index contributed by atoms with van der Waals surface area (Å²) in [6.07, 6.45) is 16.3. The Balaban J connectivity index is 1.38. The summed E-state index contributed by atoms with van der Waals surface area (Å²) in [6.45, 7) is 18.7. The number of nitrogens with zero attached hydrogens (tertiary/aromatic N) is 2. The number of hydrogen-bond donors (Lipinski definition) is 5. The molecule has 1 unspecified atom stereocenters. The maximum Gasteiger partial charge on any atom is 0.407 e. The summed E-state index contributed by atoms with van der Waals surface area (Å²) in [5.41, 5.74) is 2.26. The molecule has 0 spiro atoms. The highest BCUT2D eigenvalue weighted by atomic mass is 16.6. The van der Waals surface area contributed by atoms with Crippen LogP contribution < -0.4 is 26.6 Å². The van der Waals surface area contributed by atoms with Gasteiger partial charge in [-0.15, -0.1) is 0 Å². The minimum atomic E-state index is -0.610. The summed E-state index contributed by atoms with van der Waals surface area (Å²) in [4.78, 5) is 68.4. The van der Waals surface area contributed by atoms with Gasteiger partial charge in [0.25, 0.3) is 0 Å². The molecule has 77 heavy (non-hydrogen) atoms. The lowest BCUT2D eigenvalue weighted by molar-refractivity contribution is -0.0454. The minimum Gasteiger partial charge on any atom is -0.445 e. The average Bonchev–Trinajstić information content (AvgIpc) is 3.40. The number of ether oxygens (including phenoxy) is 6. The van der Waals surface area contributed by atoms with E-state index in [-0.39, 0.29) is 32.5 Å². The molecule has 0 aliphatic heterocycles. The molecule has 2 aromatic carbocycles. The maximum atomic E-state index is 13.4. The Morgan fingerprint density at radius 2 is 1.05 bits per heavy atom. The molecule has 0 saturated carbocycles. The molecule has 18 nitrogen and oxygen atoms in total. The third-order valence-electron chi connectivity index (χ3n) is 12.9. The Hall–Kier alpha value is -6.37. The Morgan fingerprint density at radius 1 is 0.558 bits per heavy atom. The van der Waals surface area contributed by atoms with Crippen LogP contribution >= 0.6 is 0 Å². The predicted molar refractivity (Wildman–Crippen MR) is 299 cm³/mol. The molecule has 0 aromatic heterocycles. The molecule has 0 heterocycles. The number of amides is 5. The largest absolute Gasteiger partial charge is 0.445 e. The van der Waals surface area contributed by atoms with Crippen LogP contribution in [0, 0.1) is 0 Å². The van der Waals surface area contributed by atoms with Gasteiger partial charge in [-0.3, -0.25) is 9.80 Å². The smallest absolute Gasteiger partial charge is 0.407 e. The fraction of sp³-hybridized carbons (Fsp3) is 0.576. The van der Waals surface area contributed by atoms with Crippen LogP contribution in [0.15, 0.2) is 108 Å². The first-order valence-electron chi connectivity index (χ1n) is 27.3. The molecular formula is C59H89N7O11. The summed E-state index contributed by atoms with van der Waals surface area (Å²) in [5.74, 6) is 0. The fourth-order valence-corrected chi connectivity index (χ4v) is 8.36. The number of nitrogens with one attached hydrogen (secondary N) is 5. The molecule has 1 atom stereocenters. The van der Waals surface area contributed by atoms with Crippen LogP contribution in [0.2, 0.25) is 0 Å². The number of carbonyl (C=O) groups excluding carboxylic acids is 5. The summed E-state index contributed by atoms with van der Waals surface area (Å²) >= 11 is 0. The topological polar surface area (TPSA) is 207 Å². The van der Waals surface area contributed by atoms with Crippen molar-refractivity contribution in [1.82, 2.24) is 36.4 Å². The van der Waals surface area contributed by atoms with Gasteiger partial charge in [-0.1, -0.05) is 97.1 Å². The van der Waals surface area contributed by atoms with E-state index in [1.165, 1.54) is 0 Å². The second-order valence-electron chi connectivity index (χ2n) is 21.6. The van der Waals surface area contributed by atoms with E-state index in [1.807, 2.05) is 106 Å². The van der Waals surface area contributed by atoms with Crippen LogP contribution in [0.5, 0.6) is 0 Å². The van der Waals surface area contributed by atoms with Crippen LogP contribution in [0.4, 0.5) is 24.0 Å². The first kappa shape index (κ1) is 63.2. The van der Waals surface area contributed by atoms with Crippen molar-refractivity contribution < 1.29 is 52.4 Å². The average molecular weight is 1070 g/mol. The zero-order valence-corrected chi connectivity index (χ0v) is 47.0. The van der Waals surface area contributed by atoms with Gasteiger partial charge in [-0.25, -0.2) is 24.0 Å². The summed E-state index contributed by atoms with van der Waals surface area (Å²) in [5, 5.41) is 14.6. The van der Waals surface area contributed by atoms with Crippen molar-refractivity contribution in [2.75, 3.05) is 78.7 Å². The molecule has 5 N–H and O–H groups in total. The highest BCUT2D eigenvalue weighted by molar-refractivity contribution is 5.69. The van der Waals surface area contributed by atoms with E-state index in [0.29, 0.717) is 97.6 Å². The van der Waals surface area contributed by atoms with Crippen molar-refractivity contribution in [3.63, 3.8) is 0 Å². The second-order valence-corrected chi connectivity index (χ2v) is 21.6. The van der Waals surface area contributed by atoms with Gasteiger partial charge >= 0.3 is 30.5 Å². The zero-order chi connectivity index (χ0) is 55.8. The van der Waals surface area contributed by atoms with Crippen molar-refractivity contribution in [2.24, 2.45) is 0 Å². The highest BCUT2D eigenvalue weighted by Gasteiger charge is 2.29. The molecule has 0 fully saturated rings. The van der Waals surface area contributed by atoms with Crippen molar-refractivity contribution in [3.8, 4) is 0 Å². The SMILES string of the molecule is CC(C)(C)OC(=O)NCCCCC(CN(CCNC(=O)OCc1ccccc1)CCC(C)(C)OCCC(C)(C)N(CCNC(=O)OCC1=CC=CCC1)CCNC(=O)OCc1ccccc1)NC(=O)OCC1=CC=CCC1. The zero-order valence-electron chi connectivity index (χ0n) is 47.0. The lowest BCUT2D eigenvalue weighted by atomic mass is 9.97. The number of hydrogen-bond acceptors (Lipinski definition) is 13. The van der Waals surface area contributed by atoms with Gasteiger partial charge in [0.1, 0.15) is 32.0 Å². The van der Waals surface area contributed by atoms with E-state index in [2.05, 4.69) is 76.2 Å². The summed E-state index contributed by atoms with van der Waals surface area (Å²) in [6, 6.07) is 18.6. The number of rotatable bonds is 33. The van der Waals surface area contributed by atoms with Gasteiger partial charge in [0.15, 0.2) is 0 Å². The molecule has 18 heteroatoms. The Bertz CT molecular complexity index is 2210. The molecule has 2 aromatic rings. The molecule has 2 aliphatic rings. The highest BCUT2D eigenvalue weighted by Crippen LogP contribution is 2.23. The number of benzene rings is 2. The molecule has 4 rings (SSSR count). The van der Waals surface area contributed by atoms with Gasteiger partial charge in [-0.05, 0) is 129 Å². The van der Waals surface area contributed by atoms with E-state index < -0.39 is 47.2 Å². The quantitative estimate of drug-likeness (QED) is 0.0334. The van der Waals surface area contributed by atoms with E-state index in [1.54, 1.807) is 0 Å². The Morgan fingerprint density at radius 3 is 1.56 bits per heavy atom. The predicted octanol–water partition coefficient (Wildman–Crippen LogP) is 9.87. The Labute approximate surface area is 458 Å². The van der Waals surface area contributed by atoms with Crippen molar-refractivity contribution in [1.29, 1.82) is 0 Å². The number of alkyl carbamates (subject to hydrolysis) is 5. The molecule has 0 bridgehead atoms. The second kappa shape index (κ2) is 34.4. The first-order chi connectivity index (χ1) is 36.8. The van der Waals surface area contributed by atoms with Crippen LogP contribution in [0.1, 0.15) is 117 Å². The maximum absolute atomic E-state index is 13.4. The number of carbonyl (C=O) groups is 5. The molecule has 2 aliphatic carbocycles. The van der Waals surface area contributed by atoms with E-state index in [9.17, 15) is 24.0 Å². The number of allylic oxidation sites excluding steroid dienone is 6. The minimum absolute atomic E-state index is 0.143. The monoisotopic (exact) mass is 1070 g/mol. The van der Waals surface area contributed by atoms with Gasteiger partial charge < -0.3 is 55.0 Å². The lowest BCUT2D eigenvalue weighted by Gasteiger charge is -2.40. The van der Waals surface area contributed by atoms with Crippen LogP contribution in [0.3, 0.4) is 0 Å². The van der Waals surface area contributed by atoms with E-state index in [0.717, 1.165) is 48.0 Å². The van der Waals surface area contributed by atoms with Gasteiger partial charge in [0.05, 0.1) is 5.60 Å². The van der Waals surface area contributed by atoms with Gasteiger partial charge in [-0.2, -0.15) is 0 Å². The van der Waals surface area contributed by atoms with E-state index in [4.69, 9.17) is 28.4 Å². The molecule has 426 valence electrons. The number of unbranched alkanes of at least 4 members (excludes halogenated alkanes) is 1. The molecular weight excluding hydrogens is 983 g/mol. The van der Waals surface area contributed by atoms with Crippen LogP contribution in [0.25, 0.3) is 0 Å². The van der Waals surface area contributed by atoms with Gasteiger partial charge in [0, 0.05) is 77.1 Å². The first-order valence-corrected chi connectivity index (χ1v) is 27.3. The van der Waals surface area contributed by atoms with E-state index >= 15 is 0 Å². The van der Waals surface area contributed by atoms with Gasteiger partial charge in [0.2, 0.25) is 0 Å². The van der Waals surface area contributed by atoms with Crippen LogP contribution in [-0.4, -0.2) is 142 Å². The fourth-order valence-electron chi connectivity index (χ4n) is 8.36.